The molecule has 0 aromatic heterocycles. The van der Waals surface area contributed by atoms with Gasteiger partial charge in [-0.1, -0.05) is 32.8 Å². The molecule has 0 aromatic carbocycles. The van der Waals surface area contributed by atoms with Crippen LogP contribution in [-0.4, -0.2) is 23.3 Å². The quantitative estimate of drug-likeness (QED) is 0.573. The largest absolute Gasteiger partial charge is 0.456 e. The van der Waals surface area contributed by atoms with Crippen molar-refractivity contribution in [3.05, 3.63) is 12.7 Å². The van der Waals surface area contributed by atoms with E-state index >= 15 is 0 Å². The number of carbonyl (C=O) groups is 1. The van der Waals surface area contributed by atoms with Crippen molar-refractivity contribution >= 4 is 5.97 Å². The molecule has 0 radical (unpaired) electrons. The Morgan fingerprint density at radius 1 is 1.47 bits per heavy atom. The maximum Gasteiger partial charge on any atom is 0.330 e. The summed E-state index contributed by atoms with van der Waals surface area (Å²) in [5, 5.41) is 9.23. The van der Waals surface area contributed by atoms with Gasteiger partial charge >= 0.3 is 5.97 Å². The van der Waals surface area contributed by atoms with E-state index in [1.165, 1.54) is 25.3 Å². The van der Waals surface area contributed by atoms with E-state index in [1.807, 2.05) is 6.92 Å². The summed E-state index contributed by atoms with van der Waals surface area (Å²) >= 11 is 0. The zero-order valence-electron chi connectivity index (χ0n) is 10.8. The Hall–Kier alpha value is -0.830. The monoisotopic (exact) mass is 240 g/mol. The second kappa shape index (κ2) is 6.80. The summed E-state index contributed by atoms with van der Waals surface area (Å²) in [5.41, 5.74) is -0.486. The van der Waals surface area contributed by atoms with Crippen molar-refractivity contribution in [1.82, 2.24) is 0 Å². The normalized spacial score (nSPS) is 20.6. The Labute approximate surface area is 104 Å². The first-order valence-corrected chi connectivity index (χ1v) is 6.64. The number of rotatable bonds is 6. The molecule has 17 heavy (non-hydrogen) atoms. The van der Waals surface area contributed by atoms with Gasteiger partial charge in [-0.25, -0.2) is 4.79 Å². The molecule has 0 heterocycles. The van der Waals surface area contributed by atoms with Crippen LogP contribution in [0.5, 0.6) is 0 Å². The topological polar surface area (TPSA) is 46.5 Å². The molecule has 1 aliphatic rings. The molecule has 1 fully saturated rings. The Kier molecular flexibility index (Phi) is 5.69. The molecule has 1 saturated carbocycles. The minimum absolute atomic E-state index is 0.0642. The van der Waals surface area contributed by atoms with E-state index in [9.17, 15) is 9.90 Å². The highest BCUT2D eigenvalue weighted by atomic mass is 16.6. The van der Waals surface area contributed by atoms with Crippen molar-refractivity contribution in [3.63, 3.8) is 0 Å². The number of hydrogen-bond donors (Lipinski definition) is 1. The summed E-state index contributed by atoms with van der Waals surface area (Å²) in [4.78, 5) is 11.5. The molecule has 1 rings (SSSR count). The summed E-state index contributed by atoms with van der Waals surface area (Å²) in [5.74, 6) is 0.0168. The summed E-state index contributed by atoms with van der Waals surface area (Å²) in [7, 11) is 0. The molecule has 98 valence electrons. The lowest BCUT2D eigenvalue weighted by Gasteiger charge is -2.41. The van der Waals surface area contributed by atoms with Crippen LogP contribution in [0.1, 0.15) is 51.9 Å². The third kappa shape index (κ3) is 3.56. The molecular formula is C14H24O3. The second-order valence-corrected chi connectivity index (χ2v) is 4.85. The van der Waals surface area contributed by atoms with Crippen LogP contribution in [-0.2, 0) is 9.53 Å². The summed E-state index contributed by atoms with van der Waals surface area (Å²) < 4.78 is 5.60. The van der Waals surface area contributed by atoms with Gasteiger partial charge in [-0.2, -0.15) is 0 Å². The van der Waals surface area contributed by atoms with Gasteiger partial charge in [0, 0.05) is 19.1 Å². The van der Waals surface area contributed by atoms with E-state index in [2.05, 4.69) is 6.58 Å². The van der Waals surface area contributed by atoms with Gasteiger partial charge in [-0.05, 0) is 25.2 Å². The van der Waals surface area contributed by atoms with Crippen LogP contribution < -0.4 is 0 Å². The molecule has 0 saturated heterocycles. The van der Waals surface area contributed by atoms with Crippen molar-refractivity contribution in [2.24, 2.45) is 5.92 Å². The number of aliphatic hydroxyl groups is 1. The van der Waals surface area contributed by atoms with E-state index in [4.69, 9.17) is 4.74 Å². The van der Waals surface area contributed by atoms with Crippen molar-refractivity contribution in [2.45, 2.75) is 57.5 Å². The maximum absolute atomic E-state index is 11.5. The fourth-order valence-electron chi connectivity index (χ4n) is 2.94. The van der Waals surface area contributed by atoms with Gasteiger partial charge in [-0.15, -0.1) is 0 Å². The van der Waals surface area contributed by atoms with Crippen molar-refractivity contribution in [3.8, 4) is 0 Å². The van der Waals surface area contributed by atoms with Crippen molar-refractivity contribution < 1.29 is 14.6 Å². The Balaban J connectivity index is 2.80. The van der Waals surface area contributed by atoms with Gasteiger partial charge in [0.25, 0.3) is 0 Å². The predicted molar refractivity (Wildman–Crippen MR) is 67.6 cm³/mol. The van der Waals surface area contributed by atoms with Crippen LogP contribution in [0.4, 0.5) is 0 Å². The lowest BCUT2D eigenvalue weighted by molar-refractivity contribution is -0.165. The van der Waals surface area contributed by atoms with Crippen molar-refractivity contribution in [1.29, 1.82) is 0 Å². The third-order valence-corrected chi connectivity index (χ3v) is 3.95. The Morgan fingerprint density at radius 3 is 2.59 bits per heavy atom. The molecule has 3 nitrogen and oxygen atoms in total. The highest BCUT2D eigenvalue weighted by molar-refractivity contribution is 5.81. The number of esters is 1. The number of carbonyl (C=O) groups excluding carboxylic acids is 1. The van der Waals surface area contributed by atoms with Crippen LogP contribution in [0.25, 0.3) is 0 Å². The van der Waals surface area contributed by atoms with E-state index in [-0.39, 0.29) is 12.6 Å². The van der Waals surface area contributed by atoms with E-state index in [0.717, 1.165) is 19.3 Å². The highest BCUT2D eigenvalue weighted by Gasteiger charge is 2.40. The fraction of sp³-hybridized carbons (Fsp3) is 0.786. The Bertz CT molecular complexity index is 256. The summed E-state index contributed by atoms with van der Waals surface area (Å²) in [6.07, 6.45) is 8.37. The highest BCUT2D eigenvalue weighted by Crippen LogP contribution is 2.39. The number of aliphatic hydroxyl groups excluding tert-OH is 1. The van der Waals surface area contributed by atoms with Gasteiger partial charge < -0.3 is 9.84 Å². The van der Waals surface area contributed by atoms with E-state index < -0.39 is 5.60 Å². The molecule has 0 aromatic rings. The molecule has 0 spiro atoms. The average Bonchev–Trinajstić information content (AvgIpc) is 2.39. The molecule has 1 unspecified atom stereocenters. The molecular weight excluding hydrogens is 216 g/mol. The van der Waals surface area contributed by atoms with Crippen LogP contribution in [0.15, 0.2) is 12.7 Å². The SMILES string of the molecule is C=CC(=O)OC(CC)(CCO)C1CCCCC1. The first-order valence-electron chi connectivity index (χ1n) is 6.64. The number of hydrogen-bond acceptors (Lipinski definition) is 3. The first kappa shape index (κ1) is 14.2. The minimum Gasteiger partial charge on any atom is -0.456 e. The molecule has 1 aliphatic carbocycles. The maximum atomic E-state index is 11.5. The average molecular weight is 240 g/mol. The molecule has 0 bridgehead atoms. The molecule has 1 N–H and O–H groups in total. The smallest absolute Gasteiger partial charge is 0.330 e. The van der Waals surface area contributed by atoms with E-state index in [0.29, 0.717) is 12.3 Å². The lowest BCUT2D eigenvalue weighted by atomic mass is 9.74. The standard InChI is InChI=1S/C14H24O3/c1-3-13(16)17-14(4-2,10-11-15)12-8-6-5-7-9-12/h3,12,15H,1,4-11H2,2H3. The molecule has 0 amide bonds. The minimum atomic E-state index is -0.486. The number of ether oxygens (including phenoxy) is 1. The van der Waals surface area contributed by atoms with Crippen LogP contribution >= 0.6 is 0 Å². The van der Waals surface area contributed by atoms with Crippen LogP contribution in [0.2, 0.25) is 0 Å². The third-order valence-electron chi connectivity index (χ3n) is 3.95. The predicted octanol–water partition coefficient (Wildman–Crippen LogP) is 2.83. The summed E-state index contributed by atoms with van der Waals surface area (Å²) in [6.45, 7) is 5.54. The Morgan fingerprint density at radius 2 is 2.12 bits per heavy atom. The zero-order chi connectivity index (χ0) is 12.7. The molecule has 1 atom stereocenters. The van der Waals surface area contributed by atoms with Gasteiger partial charge in [0.05, 0.1) is 0 Å². The lowest BCUT2D eigenvalue weighted by Crippen LogP contribution is -2.43. The first-order chi connectivity index (χ1) is 8.18. The van der Waals surface area contributed by atoms with Crippen LogP contribution in [0.3, 0.4) is 0 Å². The summed E-state index contributed by atoms with van der Waals surface area (Å²) in [6, 6.07) is 0. The van der Waals surface area contributed by atoms with Gasteiger partial charge in [0.1, 0.15) is 5.60 Å². The van der Waals surface area contributed by atoms with E-state index in [1.54, 1.807) is 0 Å². The van der Waals surface area contributed by atoms with Gasteiger partial charge in [-0.3, -0.25) is 0 Å². The fourth-order valence-corrected chi connectivity index (χ4v) is 2.94. The van der Waals surface area contributed by atoms with Crippen LogP contribution in [0, 0.1) is 5.92 Å². The van der Waals surface area contributed by atoms with Crippen molar-refractivity contribution in [2.75, 3.05) is 6.61 Å². The molecule has 0 aliphatic heterocycles. The van der Waals surface area contributed by atoms with Gasteiger partial charge in [0.2, 0.25) is 0 Å². The van der Waals surface area contributed by atoms with Gasteiger partial charge in [0.15, 0.2) is 0 Å². The second-order valence-electron chi connectivity index (χ2n) is 4.85. The molecule has 3 heteroatoms. The zero-order valence-corrected chi connectivity index (χ0v) is 10.8.